The lowest BCUT2D eigenvalue weighted by Gasteiger charge is -2.34. The Morgan fingerprint density at radius 2 is 2.05 bits per heavy atom. The van der Waals surface area contributed by atoms with Crippen LogP contribution >= 0.6 is 11.6 Å². The highest BCUT2D eigenvalue weighted by Crippen LogP contribution is 2.25. The maximum Gasteiger partial charge on any atom is 0.0847 e. The first kappa shape index (κ1) is 17.5. The van der Waals surface area contributed by atoms with Gasteiger partial charge in [-0.3, -0.25) is 4.68 Å². The highest BCUT2D eigenvalue weighted by molar-refractivity contribution is 6.31. The molecule has 0 bridgehead atoms. The van der Waals surface area contributed by atoms with Gasteiger partial charge in [0.25, 0.3) is 0 Å². The number of rotatable bonds is 8. The fourth-order valence-corrected chi connectivity index (χ4v) is 2.49. The van der Waals surface area contributed by atoms with Crippen LogP contribution in [0.25, 0.3) is 0 Å². The van der Waals surface area contributed by atoms with Crippen molar-refractivity contribution in [3.63, 3.8) is 0 Å². The van der Waals surface area contributed by atoms with Crippen molar-refractivity contribution in [2.24, 2.45) is 0 Å². The zero-order valence-electron chi connectivity index (χ0n) is 13.6. The molecule has 1 aromatic rings. The molecule has 0 saturated carbocycles. The van der Waals surface area contributed by atoms with E-state index in [1.54, 1.807) is 7.11 Å². The molecule has 0 aliphatic heterocycles. The van der Waals surface area contributed by atoms with Gasteiger partial charge in [0.2, 0.25) is 0 Å². The Labute approximate surface area is 127 Å². The second kappa shape index (κ2) is 7.43. The van der Waals surface area contributed by atoms with E-state index in [1.165, 1.54) is 0 Å². The van der Waals surface area contributed by atoms with Crippen molar-refractivity contribution >= 4 is 11.6 Å². The zero-order chi connectivity index (χ0) is 15.3. The van der Waals surface area contributed by atoms with Crippen LogP contribution in [-0.4, -0.2) is 35.1 Å². The summed E-state index contributed by atoms with van der Waals surface area (Å²) in [5.74, 6) is 0. The monoisotopic (exact) mass is 301 g/mol. The van der Waals surface area contributed by atoms with Gasteiger partial charge in [-0.25, -0.2) is 0 Å². The van der Waals surface area contributed by atoms with E-state index < -0.39 is 0 Å². The van der Waals surface area contributed by atoms with E-state index in [1.807, 2.05) is 11.6 Å². The second-order valence-corrected chi connectivity index (χ2v) is 6.06. The Kier molecular flexibility index (Phi) is 6.49. The number of nitrogens with one attached hydrogen (secondary N) is 1. The topological polar surface area (TPSA) is 39.1 Å². The molecule has 0 amide bonds. The van der Waals surface area contributed by atoms with Crippen LogP contribution in [0.5, 0.6) is 0 Å². The van der Waals surface area contributed by atoms with Crippen molar-refractivity contribution in [1.29, 1.82) is 0 Å². The Morgan fingerprint density at radius 1 is 1.40 bits per heavy atom. The van der Waals surface area contributed by atoms with Gasteiger partial charge >= 0.3 is 0 Å². The molecule has 5 heteroatoms. The van der Waals surface area contributed by atoms with Crippen molar-refractivity contribution in [3.8, 4) is 0 Å². The molecule has 0 aliphatic carbocycles. The third kappa shape index (κ3) is 3.96. The molecule has 4 nitrogen and oxygen atoms in total. The van der Waals surface area contributed by atoms with Crippen molar-refractivity contribution in [1.82, 2.24) is 15.1 Å². The number of ether oxygens (including phenoxy) is 1. The Hall–Kier alpha value is -0.580. The predicted molar refractivity (Wildman–Crippen MR) is 84.5 cm³/mol. The van der Waals surface area contributed by atoms with E-state index in [0.29, 0.717) is 0 Å². The third-order valence-corrected chi connectivity index (χ3v) is 4.35. The fraction of sp³-hybridized carbons (Fsp3) is 0.800. The minimum atomic E-state index is -0.255. The molecule has 0 fully saturated rings. The maximum atomic E-state index is 6.41. The molecule has 1 atom stereocenters. The minimum absolute atomic E-state index is 0.200. The molecule has 1 rings (SSSR count). The van der Waals surface area contributed by atoms with Crippen LogP contribution in [0.15, 0.2) is 0 Å². The Morgan fingerprint density at radius 3 is 2.55 bits per heavy atom. The highest BCUT2D eigenvalue weighted by atomic mass is 35.5. The van der Waals surface area contributed by atoms with Gasteiger partial charge in [-0.1, -0.05) is 18.5 Å². The summed E-state index contributed by atoms with van der Waals surface area (Å²) in [6.45, 7) is 12.2. The van der Waals surface area contributed by atoms with E-state index in [0.717, 1.165) is 42.3 Å². The van der Waals surface area contributed by atoms with Crippen LogP contribution in [0.4, 0.5) is 0 Å². The summed E-state index contributed by atoms with van der Waals surface area (Å²) in [5, 5.41) is 8.84. The lowest BCUT2D eigenvalue weighted by atomic mass is 9.93. The number of methoxy groups -OCH3 is 1. The number of aromatic nitrogens is 2. The fourth-order valence-electron chi connectivity index (χ4n) is 2.28. The van der Waals surface area contributed by atoms with Gasteiger partial charge in [0.15, 0.2) is 0 Å². The zero-order valence-corrected chi connectivity index (χ0v) is 14.3. The standard InChI is InChI=1S/C15H28ClN3O/c1-7-9-17-13(15(4,5)20-6)10-12-14(16)11(3)18-19(12)8-2/h13,17H,7-10H2,1-6H3. The summed E-state index contributed by atoms with van der Waals surface area (Å²) in [7, 11) is 1.75. The molecular formula is C15H28ClN3O. The highest BCUT2D eigenvalue weighted by Gasteiger charge is 2.31. The van der Waals surface area contributed by atoms with Gasteiger partial charge in [-0.2, -0.15) is 5.10 Å². The average Bonchev–Trinajstić information content (AvgIpc) is 2.70. The summed E-state index contributed by atoms with van der Waals surface area (Å²) in [6, 6.07) is 0.200. The van der Waals surface area contributed by atoms with Crippen molar-refractivity contribution in [2.75, 3.05) is 13.7 Å². The van der Waals surface area contributed by atoms with Gasteiger partial charge in [0.1, 0.15) is 0 Å². The molecule has 0 aliphatic rings. The summed E-state index contributed by atoms with van der Waals surface area (Å²) in [4.78, 5) is 0. The van der Waals surface area contributed by atoms with E-state index in [4.69, 9.17) is 16.3 Å². The number of hydrogen-bond acceptors (Lipinski definition) is 3. The molecule has 116 valence electrons. The molecule has 1 unspecified atom stereocenters. The first-order valence-corrected chi connectivity index (χ1v) is 7.75. The normalized spacial score (nSPS) is 13.8. The number of aryl methyl sites for hydroxylation is 2. The first-order chi connectivity index (χ1) is 9.37. The largest absolute Gasteiger partial charge is 0.377 e. The lowest BCUT2D eigenvalue weighted by Crippen LogP contribution is -2.50. The van der Waals surface area contributed by atoms with Gasteiger partial charge < -0.3 is 10.1 Å². The van der Waals surface area contributed by atoms with Crippen LogP contribution in [0.1, 0.15) is 45.5 Å². The van der Waals surface area contributed by atoms with Crippen molar-refractivity contribution in [3.05, 3.63) is 16.4 Å². The van der Waals surface area contributed by atoms with Crippen LogP contribution in [0.2, 0.25) is 5.02 Å². The van der Waals surface area contributed by atoms with E-state index >= 15 is 0 Å². The minimum Gasteiger partial charge on any atom is -0.377 e. The maximum absolute atomic E-state index is 6.41. The van der Waals surface area contributed by atoms with Gasteiger partial charge in [0.05, 0.1) is 22.0 Å². The molecular weight excluding hydrogens is 274 g/mol. The van der Waals surface area contributed by atoms with Gasteiger partial charge in [-0.15, -0.1) is 0 Å². The summed E-state index contributed by atoms with van der Waals surface area (Å²) in [5.41, 5.74) is 1.73. The molecule has 1 heterocycles. The van der Waals surface area contributed by atoms with E-state index in [2.05, 4.69) is 38.1 Å². The predicted octanol–water partition coefficient (Wildman–Crippen LogP) is 3.20. The summed E-state index contributed by atoms with van der Waals surface area (Å²) in [6.07, 6.45) is 1.91. The van der Waals surface area contributed by atoms with Crippen LogP contribution in [-0.2, 0) is 17.7 Å². The van der Waals surface area contributed by atoms with E-state index in [-0.39, 0.29) is 11.6 Å². The van der Waals surface area contributed by atoms with Crippen LogP contribution in [0.3, 0.4) is 0 Å². The van der Waals surface area contributed by atoms with Crippen molar-refractivity contribution in [2.45, 2.75) is 65.6 Å². The SMILES string of the molecule is CCCNC(Cc1c(Cl)c(C)nn1CC)C(C)(C)OC. The number of hydrogen-bond donors (Lipinski definition) is 1. The number of nitrogens with zero attached hydrogens (tertiary/aromatic N) is 2. The smallest absolute Gasteiger partial charge is 0.0847 e. The quantitative estimate of drug-likeness (QED) is 0.801. The van der Waals surface area contributed by atoms with Crippen LogP contribution in [0, 0.1) is 6.92 Å². The van der Waals surface area contributed by atoms with Crippen LogP contribution < -0.4 is 5.32 Å². The number of halogens is 1. The lowest BCUT2D eigenvalue weighted by molar-refractivity contribution is -0.0105. The van der Waals surface area contributed by atoms with E-state index in [9.17, 15) is 0 Å². The average molecular weight is 302 g/mol. The molecule has 1 N–H and O–H groups in total. The summed E-state index contributed by atoms with van der Waals surface area (Å²) < 4.78 is 7.64. The molecule has 0 radical (unpaired) electrons. The second-order valence-electron chi connectivity index (χ2n) is 5.68. The van der Waals surface area contributed by atoms with Gasteiger partial charge in [-0.05, 0) is 40.7 Å². The molecule has 1 aromatic heterocycles. The first-order valence-electron chi connectivity index (χ1n) is 7.37. The molecule has 20 heavy (non-hydrogen) atoms. The third-order valence-electron chi connectivity index (χ3n) is 3.86. The summed E-state index contributed by atoms with van der Waals surface area (Å²) >= 11 is 6.41. The Balaban J connectivity index is 3.00. The Bertz CT molecular complexity index is 429. The molecule has 0 spiro atoms. The van der Waals surface area contributed by atoms with Gasteiger partial charge in [0, 0.05) is 26.1 Å². The molecule has 0 aromatic carbocycles. The molecule has 0 saturated heterocycles. The van der Waals surface area contributed by atoms with Crippen molar-refractivity contribution < 1.29 is 4.74 Å².